The average molecular weight is 148 g/mol. The highest BCUT2D eigenvalue weighted by molar-refractivity contribution is 6.03. The fourth-order valence-corrected chi connectivity index (χ4v) is 1.79. The third kappa shape index (κ3) is 1.05. The minimum atomic E-state index is 0.350. The summed E-state index contributed by atoms with van der Waals surface area (Å²) in [4.78, 5) is 11.2. The molecule has 0 heterocycles. The molecule has 0 radical (unpaired) electrons. The lowest BCUT2D eigenvalue weighted by atomic mass is 9.93. The molecule has 0 amide bonds. The molecule has 0 aromatic heterocycles. The molecule has 0 saturated heterocycles. The Balaban J connectivity index is 2.37. The Morgan fingerprint density at radius 2 is 2.27 bits per heavy atom. The standard InChI is InChI=1S/C10H12O/c1-7-2-3-8-4-5-10(11)9(8)6-7/h3,6-7H,2,4-5H2,1H3. The van der Waals surface area contributed by atoms with Crippen molar-refractivity contribution in [1.82, 2.24) is 0 Å². The smallest absolute Gasteiger partial charge is 0.163 e. The first kappa shape index (κ1) is 6.84. The van der Waals surface area contributed by atoms with Gasteiger partial charge < -0.3 is 0 Å². The molecule has 0 spiro atoms. The molecule has 1 heteroatoms. The summed E-state index contributed by atoms with van der Waals surface area (Å²) in [5, 5.41) is 0. The van der Waals surface area contributed by atoms with E-state index in [0.717, 1.165) is 24.8 Å². The predicted molar refractivity (Wildman–Crippen MR) is 44.2 cm³/mol. The summed E-state index contributed by atoms with van der Waals surface area (Å²) in [6.07, 6.45) is 7.20. The van der Waals surface area contributed by atoms with E-state index in [4.69, 9.17) is 0 Å². The van der Waals surface area contributed by atoms with E-state index in [9.17, 15) is 4.79 Å². The Labute approximate surface area is 66.8 Å². The molecule has 0 N–H and O–H groups in total. The molecule has 1 saturated carbocycles. The lowest BCUT2D eigenvalue weighted by molar-refractivity contribution is -0.114. The van der Waals surface area contributed by atoms with Crippen molar-refractivity contribution in [2.45, 2.75) is 26.2 Å². The van der Waals surface area contributed by atoms with E-state index in [-0.39, 0.29) is 0 Å². The fraction of sp³-hybridized carbons (Fsp3) is 0.500. The van der Waals surface area contributed by atoms with E-state index in [1.165, 1.54) is 5.57 Å². The van der Waals surface area contributed by atoms with E-state index in [1.54, 1.807) is 0 Å². The molecule has 1 fully saturated rings. The number of ketones is 1. The predicted octanol–water partition coefficient (Wildman–Crippen LogP) is 2.24. The molecule has 58 valence electrons. The second-order valence-corrected chi connectivity index (χ2v) is 3.45. The minimum Gasteiger partial charge on any atom is -0.294 e. The molecule has 0 aliphatic heterocycles. The number of rotatable bonds is 0. The maximum atomic E-state index is 11.2. The third-order valence-corrected chi connectivity index (χ3v) is 2.45. The minimum absolute atomic E-state index is 0.350. The molecular weight excluding hydrogens is 136 g/mol. The second-order valence-electron chi connectivity index (χ2n) is 3.45. The van der Waals surface area contributed by atoms with Gasteiger partial charge in [0.1, 0.15) is 0 Å². The molecule has 1 unspecified atom stereocenters. The summed E-state index contributed by atoms with van der Waals surface area (Å²) in [5.74, 6) is 0.915. The number of hydrogen-bond acceptors (Lipinski definition) is 1. The van der Waals surface area contributed by atoms with E-state index >= 15 is 0 Å². The van der Waals surface area contributed by atoms with Crippen LogP contribution in [-0.2, 0) is 4.79 Å². The molecule has 2 aliphatic carbocycles. The van der Waals surface area contributed by atoms with Gasteiger partial charge in [0.05, 0.1) is 0 Å². The third-order valence-electron chi connectivity index (χ3n) is 2.45. The van der Waals surface area contributed by atoms with Crippen LogP contribution < -0.4 is 0 Å². The summed E-state index contributed by atoms with van der Waals surface area (Å²) in [7, 11) is 0. The van der Waals surface area contributed by atoms with Crippen molar-refractivity contribution >= 4 is 5.78 Å². The zero-order valence-corrected chi connectivity index (χ0v) is 6.76. The summed E-state index contributed by atoms with van der Waals surface area (Å²) >= 11 is 0. The van der Waals surface area contributed by atoms with Gasteiger partial charge in [-0.15, -0.1) is 0 Å². The maximum Gasteiger partial charge on any atom is 0.163 e. The van der Waals surface area contributed by atoms with E-state index in [0.29, 0.717) is 11.7 Å². The number of Topliss-reactive ketones (excluding diaryl/α,β-unsaturated/α-hetero) is 1. The Kier molecular flexibility index (Phi) is 1.45. The van der Waals surface area contributed by atoms with Crippen LogP contribution in [0.15, 0.2) is 23.3 Å². The zero-order valence-electron chi connectivity index (χ0n) is 6.76. The summed E-state index contributed by atoms with van der Waals surface area (Å²) < 4.78 is 0. The van der Waals surface area contributed by atoms with Crippen LogP contribution in [0.5, 0.6) is 0 Å². The van der Waals surface area contributed by atoms with Crippen LogP contribution in [0, 0.1) is 5.92 Å². The van der Waals surface area contributed by atoms with Crippen molar-refractivity contribution in [3.63, 3.8) is 0 Å². The van der Waals surface area contributed by atoms with Gasteiger partial charge in [-0.3, -0.25) is 4.79 Å². The van der Waals surface area contributed by atoms with Gasteiger partial charge in [0.25, 0.3) is 0 Å². The van der Waals surface area contributed by atoms with Crippen LogP contribution in [0.4, 0.5) is 0 Å². The van der Waals surface area contributed by atoms with Crippen molar-refractivity contribution in [3.05, 3.63) is 23.3 Å². The molecular formula is C10H12O. The van der Waals surface area contributed by atoms with Crippen LogP contribution in [0.25, 0.3) is 0 Å². The van der Waals surface area contributed by atoms with Gasteiger partial charge in [-0.05, 0) is 24.3 Å². The summed E-state index contributed by atoms with van der Waals surface area (Å²) in [5.41, 5.74) is 2.32. The van der Waals surface area contributed by atoms with Gasteiger partial charge >= 0.3 is 0 Å². The van der Waals surface area contributed by atoms with Gasteiger partial charge in [-0.2, -0.15) is 0 Å². The highest BCUT2D eigenvalue weighted by Gasteiger charge is 2.24. The summed E-state index contributed by atoms with van der Waals surface area (Å²) in [6.45, 7) is 2.16. The number of allylic oxidation sites excluding steroid dienone is 4. The van der Waals surface area contributed by atoms with Gasteiger partial charge in [0.2, 0.25) is 0 Å². The van der Waals surface area contributed by atoms with E-state index in [2.05, 4.69) is 19.1 Å². The monoisotopic (exact) mass is 148 g/mol. The van der Waals surface area contributed by atoms with Gasteiger partial charge in [0, 0.05) is 12.0 Å². The Morgan fingerprint density at radius 1 is 1.45 bits per heavy atom. The molecule has 2 aliphatic rings. The lowest BCUT2D eigenvalue weighted by Crippen LogP contribution is -2.01. The first-order chi connectivity index (χ1) is 5.27. The first-order valence-corrected chi connectivity index (χ1v) is 4.22. The Hall–Kier alpha value is -0.850. The molecule has 0 aromatic rings. The van der Waals surface area contributed by atoms with Crippen LogP contribution in [0.1, 0.15) is 26.2 Å². The van der Waals surface area contributed by atoms with Gasteiger partial charge in [-0.1, -0.05) is 19.1 Å². The fourth-order valence-electron chi connectivity index (χ4n) is 1.79. The topological polar surface area (TPSA) is 17.1 Å². The number of carbonyl (C=O) groups excluding carboxylic acids is 1. The quantitative estimate of drug-likeness (QED) is 0.515. The van der Waals surface area contributed by atoms with E-state index < -0.39 is 0 Å². The normalized spacial score (nSPS) is 29.5. The number of hydrogen-bond donors (Lipinski definition) is 0. The maximum absolute atomic E-state index is 11.2. The first-order valence-electron chi connectivity index (χ1n) is 4.22. The zero-order chi connectivity index (χ0) is 7.84. The average Bonchev–Trinajstić information content (AvgIpc) is 2.33. The second kappa shape index (κ2) is 2.33. The van der Waals surface area contributed by atoms with Crippen LogP contribution in [0.2, 0.25) is 0 Å². The summed E-state index contributed by atoms with van der Waals surface area (Å²) in [6, 6.07) is 0. The van der Waals surface area contributed by atoms with Crippen molar-refractivity contribution in [2.75, 3.05) is 0 Å². The SMILES string of the molecule is CC1C=C2C(=O)CCC2=CC1. The molecule has 1 nitrogen and oxygen atoms in total. The van der Waals surface area contributed by atoms with Crippen LogP contribution in [-0.4, -0.2) is 5.78 Å². The lowest BCUT2D eigenvalue weighted by Gasteiger charge is -2.11. The van der Waals surface area contributed by atoms with Crippen LogP contribution in [0.3, 0.4) is 0 Å². The Morgan fingerprint density at radius 3 is 3.09 bits per heavy atom. The van der Waals surface area contributed by atoms with Gasteiger partial charge in [0.15, 0.2) is 5.78 Å². The van der Waals surface area contributed by atoms with Crippen molar-refractivity contribution in [3.8, 4) is 0 Å². The molecule has 1 atom stereocenters. The molecule has 2 rings (SSSR count). The molecule has 0 aromatic carbocycles. The van der Waals surface area contributed by atoms with Crippen molar-refractivity contribution in [1.29, 1.82) is 0 Å². The van der Waals surface area contributed by atoms with Crippen molar-refractivity contribution in [2.24, 2.45) is 5.92 Å². The van der Waals surface area contributed by atoms with Crippen LogP contribution >= 0.6 is 0 Å². The number of fused-ring (bicyclic) bond motifs is 1. The van der Waals surface area contributed by atoms with Gasteiger partial charge in [-0.25, -0.2) is 0 Å². The number of carbonyl (C=O) groups is 1. The molecule has 11 heavy (non-hydrogen) atoms. The highest BCUT2D eigenvalue weighted by Crippen LogP contribution is 2.32. The highest BCUT2D eigenvalue weighted by atomic mass is 16.1. The Bertz CT molecular complexity index is 258. The molecule has 0 bridgehead atoms. The van der Waals surface area contributed by atoms with Crippen molar-refractivity contribution < 1.29 is 4.79 Å². The van der Waals surface area contributed by atoms with E-state index in [1.807, 2.05) is 0 Å². The largest absolute Gasteiger partial charge is 0.294 e.